The molecule has 0 atom stereocenters. The maximum atomic E-state index is 12.0. The summed E-state index contributed by atoms with van der Waals surface area (Å²) in [6, 6.07) is 12.5. The minimum Gasteiger partial charge on any atom is -0.507 e. The Bertz CT molecular complexity index is 1130. The molecule has 0 saturated heterocycles. The van der Waals surface area contributed by atoms with Crippen LogP contribution in [-0.2, 0) is 0 Å². The molecule has 0 saturated carbocycles. The first-order valence-corrected chi connectivity index (χ1v) is 10.2. The van der Waals surface area contributed by atoms with Crippen LogP contribution < -0.4 is 10.6 Å². The second-order valence-corrected chi connectivity index (χ2v) is 7.73. The van der Waals surface area contributed by atoms with Crippen LogP contribution in [0.15, 0.2) is 58.5 Å². The number of fused-ring (bicyclic) bond motifs is 1. The first-order valence-electron chi connectivity index (χ1n) is 8.51. The van der Waals surface area contributed by atoms with Crippen LogP contribution in [0.5, 0.6) is 5.75 Å². The highest BCUT2D eigenvalue weighted by atomic mass is 79.9. The summed E-state index contributed by atoms with van der Waals surface area (Å²) in [5.74, 6) is 0.775. The number of phenols is 1. The average Bonchev–Trinajstić information content (AvgIpc) is 3.36. The summed E-state index contributed by atoms with van der Waals surface area (Å²) in [7, 11) is 0. The number of nitrogens with one attached hydrogen (secondary N) is 2. The Labute approximate surface area is 173 Å². The molecule has 9 heteroatoms. The number of thiophene rings is 1. The Morgan fingerprint density at radius 3 is 2.86 bits per heavy atom. The van der Waals surface area contributed by atoms with Crippen molar-refractivity contribution in [3.05, 3.63) is 63.4 Å². The fraction of sp³-hybridized carbons (Fsp3) is 0.105. The number of halogens is 1. The van der Waals surface area contributed by atoms with E-state index in [0.717, 1.165) is 4.47 Å². The Kier molecular flexibility index (Phi) is 5.27. The van der Waals surface area contributed by atoms with Crippen LogP contribution >= 0.6 is 27.3 Å². The molecule has 0 fully saturated rings. The molecule has 3 aromatic heterocycles. The SMILES string of the molecule is O=C(NCCNc1cc(-c2ccccc2O)nc2c(Br)cnn12)c1cccs1. The normalized spacial score (nSPS) is 10.9. The number of para-hydroxylation sites is 1. The lowest BCUT2D eigenvalue weighted by Gasteiger charge is -2.12. The maximum absolute atomic E-state index is 12.0. The number of hydrogen-bond acceptors (Lipinski definition) is 6. The number of aromatic nitrogens is 3. The monoisotopic (exact) mass is 457 g/mol. The predicted octanol–water partition coefficient (Wildman–Crippen LogP) is 3.77. The van der Waals surface area contributed by atoms with Crippen LogP contribution in [-0.4, -0.2) is 38.7 Å². The maximum Gasteiger partial charge on any atom is 0.261 e. The van der Waals surface area contributed by atoms with Gasteiger partial charge in [0.2, 0.25) is 0 Å². The van der Waals surface area contributed by atoms with Gasteiger partial charge in [-0.15, -0.1) is 11.3 Å². The summed E-state index contributed by atoms with van der Waals surface area (Å²) in [4.78, 5) is 17.3. The smallest absolute Gasteiger partial charge is 0.261 e. The highest BCUT2D eigenvalue weighted by Crippen LogP contribution is 2.30. The minimum atomic E-state index is -0.0894. The van der Waals surface area contributed by atoms with E-state index < -0.39 is 0 Å². The summed E-state index contributed by atoms with van der Waals surface area (Å²) in [6.07, 6.45) is 1.67. The molecule has 1 aromatic carbocycles. The molecule has 1 amide bonds. The third-order valence-corrected chi connectivity index (χ3v) is 5.50. The third kappa shape index (κ3) is 3.71. The third-order valence-electron chi connectivity index (χ3n) is 4.07. The minimum absolute atomic E-state index is 0.0894. The summed E-state index contributed by atoms with van der Waals surface area (Å²) < 4.78 is 2.42. The van der Waals surface area contributed by atoms with E-state index in [0.29, 0.717) is 40.7 Å². The molecule has 7 nitrogen and oxygen atoms in total. The fourth-order valence-electron chi connectivity index (χ4n) is 2.75. The van der Waals surface area contributed by atoms with Gasteiger partial charge in [0.05, 0.1) is 21.2 Å². The van der Waals surface area contributed by atoms with Crippen molar-refractivity contribution in [3.8, 4) is 17.0 Å². The highest BCUT2D eigenvalue weighted by molar-refractivity contribution is 9.10. The number of carbonyl (C=O) groups is 1. The number of nitrogens with zero attached hydrogens (tertiary/aromatic N) is 3. The highest BCUT2D eigenvalue weighted by Gasteiger charge is 2.13. The summed E-state index contributed by atoms with van der Waals surface area (Å²) in [5, 5.41) is 22.5. The predicted molar refractivity (Wildman–Crippen MR) is 113 cm³/mol. The average molecular weight is 458 g/mol. The van der Waals surface area contributed by atoms with Crippen molar-refractivity contribution in [2.45, 2.75) is 0 Å². The molecule has 4 rings (SSSR count). The van der Waals surface area contributed by atoms with Crippen molar-refractivity contribution in [2.24, 2.45) is 0 Å². The molecule has 3 N–H and O–H groups in total. The molecule has 142 valence electrons. The molecule has 0 aliphatic rings. The topological polar surface area (TPSA) is 91.5 Å². The molecule has 0 bridgehead atoms. The molecule has 3 heterocycles. The molecule has 0 radical (unpaired) electrons. The Hall–Kier alpha value is -2.91. The van der Waals surface area contributed by atoms with Crippen molar-refractivity contribution in [1.82, 2.24) is 19.9 Å². The summed E-state index contributed by atoms with van der Waals surface area (Å²) in [6.45, 7) is 0.961. The van der Waals surface area contributed by atoms with Gasteiger partial charge < -0.3 is 15.7 Å². The van der Waals surface area contributed by atoms with E-state index in [1.807, 2.05) is 29.6 Å². The first-order chi connectivity index (χ1) is 13.6. The standard InChI is InChI=1S/C19H16BrN5O2S/c20-13-11-23-25-17(21-7-8-22-19(27)16-6-3-9-28-16)10-14(24-18(13)25)12-4-1-2-5-15(12)26/h1-6,9-11,21,26H,7-8H2,(H,22,27). The zero-order valence-electron chi connectivity index (χ0n) is 14.6. The molecule has 28 heavy (non-hydrogen) atoms. The number of phenolic OH excluding ortho intramolecular Hbond substituents is 1. The molecule has 0 aliphatic carbocycles. The lowest BCUT2D eigenvalue weighted by Crippen LogP contribution is -2.28. The zero-order chi connectivity index (χ0) is 19.5. The zero-order valence-corrected chi connectivity index (χ0v) is 17.0. The molecule has 4 aromatic rings. The van der Waals surface area contributed by atoms with E-state index >= 15 is 0 Å². The van der Waals surface area contributed by atoms with Gasteiger partial charge in [0.1, 0.15) is 11.6 Å². The van der Waals surface area contributed by atoms with Gasteiger partial charge in [-0.1, -0.05) is 18.2 Å². The molecule has 0 aliphatic heterocycles. The largest absolute Gasteiger partial charge is 0.507 e. The number of benzene rings is 1. The van der Waals surface area contributed by atoms with E-state index in [4.69, 9.17) is 0 Å². The van der Waals surface area contributed by atoms with Crippen molar-refractivity contribution in [3.63, 3.8) is 0 Å². The lowest BCUT2D eigenvalue weighted by atomic mass is 10.1. The van der Waals surface area contributed by atoms with Crippen LogP contribution in [0.2, 0.25) is 0 Å². The molecular weight excluding hydrogens is 442 g/mol. The van der Waals surface area contributed by atoms with E-state index in [2.05, 4.69) is 36.6 Å². The first kappa shape index (κ1) is 18.5. The number of aromatic hydroxyl groups is 1. The van der Waals surface area contributed by atoms with Crippen LogP contribution in [0, 0.1) is 0 Å². The summed E-state index contributed by atoms with van der Waals surface area (Å²) >= 11 is 4.86. The quantitative estimate of drug-likeness (QED) is 0.383. The fourth-order valence-corrected chi connectivity index (χ4v) is 3.74. The molecule has 0 unspecified atom stereocenters. The van der Waals surface area contributed by atoms with E-state index in [1.54, 1.807) is 28.9 Å². The lowest BCUT2D eigenvalue weighted by molar-refractivity contribution is 0.0959. The van der Waals surface area contributed by atoms with Gasteiger partial charge in [0, 0.05) is 24.7 Å². The number of hydrogen-bond donors (Lipinski definition) is 3. The Balaban J connectivity index is 1.54. The van der Waals surface area contributed by atoms with Gasteiger partial charge in [0.25, 0.3) is 5.91 Å². The van der Waals surface area contributed by atoms with Gasteiger partial charge in [-0.2, -0.15) is 9.61 Å². The van der Waals surface area contributed by atoms with Crippen molar-refractivity contribution in [1.29, 1.82) is 0 Å². The Morgan fingerprint density at radius 1 is 1.21 bits per heavy atom. The van der Waals surface area contributed by atoms with Gasteiger partial charge >= 0.3 is 0 Å². The van der Waals surface area contributed by atoms with Crippen molar-refractivity contribution in [2.75, 3.05) is 18.4 Å². The Morgan fingerprint density at radius 2 is 2.07 bits per heavy atom. The van der Waals surface area contributed by atoms with E-state index in [9.17, 15) is 9.90 Å². The number of amides is 1. The van der Waals surface area contributed by atoms with Crippen LogP contribution in [0.1, 0.15) is 9.67 Å². The van der Waals surface area contributed by atoms with Crippen molar-refractivity contribution >= 4 is 44.6 Å². The second kappa shape index (κ2) is 7.99. The van der Waals surface area contributed by atoms with Crippen LogP contribution in [0.3, 0.4) is 0 Å². The molecular formula is C19H16BrN5O2S. The van der Waals surface area contributed by atoms with Crippen LogP contribution in [0.4, 0.5) is 5.82 Å². The van der Waals surface area contributed by atoms with Gasteiger partial charge in [-0.25, -0.2) is 4.98 Å². The summed E-state index contributed by atoms with van der Waals surface area (Å²) in [5.41, 5.74) is 1.88. The molecule has 0 spiro atoms. The number of rotatable bonds is 6. The number of anilines is 1. The van der Waals surface area contributed by atoms with Crippen LogP contribution in [0.25, 0.3) is 16.9 Å². The number of carbonyl (C=O) groups excluding carboxylic acids is 1. The second-order valence-electron chi connectivity index (χ2n) is 5.93. The van der Waals surface area contributed by atoms with Gasteiger partial charge in [-0.3, -0.25) is 4.79 Å². The van der Waals surface area contributed by atoms with Gasteiger partial charge in [0.15, 0.2) is 5.65 Å². The van der Waals surface area contributed by atoms with E-state index in [-0.39, 0.29) is 11.7 Å². The van der Waals surface area contributed by atoms with E-state index in [1.165, 1.54) is 11.3 Å². The van der Waals surface area contributed by atoms with Gasteiger partial charge in [-0.05, 0) is 39.5 Å². The van der Waals surface area contributed by atoms with Crippen molar-refractivity contribution < 1.29 is 9.90 Å².